The van der Waals surface area contributed by atoms with Crippen LogP contribution in [0.3, 0.4) is 0 Å². The van der Waals surface area contributed by atoms with Crippen molar-refractivity contribution >= 4 is 23.7 Å². The number of hydrogen-bond donors (Lipinski definition) is 1. The number of piperidine rings is 1. The summed E-state index contributed by atoms with van der Waals surface area (Å²) >= 11 is 0. The summed E-state index contributed by atoms with van der Waals surface area (Å²) < 4.78 is 20.7. The molecule has 1 fully saturated rings. The van der Waals surface area contributed by atoms with Crippen LogP contribution in [0.5, 0.6) is 0 Å². The summed E-state index contributed by atoms with van der Waals surface area (Å²) in [6.45, 7) is 7.59. The molecule has 10 heteroatoms. The fraction of sp³-hybridized carbons (Fsp3) is 0.560. The maximum absolute atomic E-state index is 12.4. The maximum atomic E-state index is 12.4. The lowest BCUT2D eigenvalue weighted by molar-refractivity contribution is -0.140. The summed E-state index contributed by atoms with van der Waals surface area (Å²) in [6, 6.07) is 7.77. The Balaban J connectivity index is 1.64. The van der Waals surface area contributed by atoms with Gasteiger partial charge in [-0.3, -0.25) is 0 Å². The predicted molar refractivity (Wildman–Crippen MR) is 128 cm³/mol. The minimum atomic E-state index is -0.635. The van der Waals surface area contributed by atoms with Crippen LogP contribution in [0.15, 0.2) is 35.5 Å². The van der Waals surface area contributed by atoms with Gasteiger partial charge in [0.15, 0.2) is 0 Å². The molecule has 1 N–H and O–H groups in total. The number of rotatable bonds is 6. The lowest BCUT2D eigenvalue weighted by Gasteiger charge is -2.34. The highest BCUT2D eigenvalue weighted by atomic mass is 16.6. The highest BCUT2D eigenvalue weighted by molar-refractivity contribution is 6.03. The van der Waals surface area contributed by atoms with E-state index >= 15 is 0 Å². The molecule has 0 radical (unpaired) electrons. The van der Waals surface area contributed by atoms with E-state index < -0.39 is 17.5 Å². The van der Waals surface area contributed by atoms with E-state index in [4.69, 9.17) is 18.9 Å². The summed E-state index contributed by atoms with van der Waals surface area (Å²) in [5.74, 6) is -1.27. The van der Waals surface area contributed by atoms with Crippen molar-refractivity contribution in [3.8, 4) is 0 Å². The SMILES string of the molecule is COC(=O)C1=C(C(=O)OC)N(c2ccc(CNC3CCCN(C(=O)OC(C)(C)C)C3)cc2)COC1. The van der Waals surface area contributed by atoms with Crippen molar-refractivity contribution in [2.75, 3.05) is 45.5 Å². The van der Waals surface area contributed by atoms with Gasteiger partial charge in [0.2, 0.25) is 0 Å². The van der Waals surface area contributed by atoms with E-state index in [1.165, 1.54) is 14.2 Å². The van der Waals surface area contributed by atoms with Gasteiger partial charge < -0.3 is 34.1 Å². The van der Waals surface area contributed by atoms with E-state index in [2.05, 4.69) is 5.32 Å². The number of methoxy groups -OCH3 is 2. The Kier molecular flexibility index (Phi) is 8.74. The number of ether oxygens (including phenoxy) is 4. The Morgan fingerprint density at radius 3 is 2.40 bits per heavy atom. The van der Waals surface area contributed by atoms with E-state index in [0.717, 1.165) is 18.4 Å². The number of carbonyl (C=O) groups excluding carboxylic acids is 3. The van der Waals surface area contributed by atoms with E-state index in [1.807, 2.05) is 45.0 Å². The molecule has 0 saturated carbocycles. The molecule has 10 nitrogen and oxygen atoms in total. The van der Waals surface area contributed by atoms with Crippen LogP contribution in [-0.4, -0.2) is 75.2 Å². The molecule has 0 aliphatic carbocycles. The molecule has 1 aromatic rings. The Hall–Kier alpha value is -3.11. The average molecular weight is 490 g/mol. The highest BCUT2D eigenvalue weighted by Gasteiger charge is 2.32. The molecule has 35 heavy (non-hydrogen) atoms. The van der Waals surface area contributed by atoms with Crippen LogP contribution < -0.4 is 10.2 Å². The number of esters is 2. The quantitative estimate of drug-likeness (QED) is 0.477. The monoisotopic (exact) mass is 489 g/mol. The Morgan fingerprint density at radius 2 is 1.77 bits per heavy atom. The van der Waals surface area contributed by atoms with Gasteiger partial charge in [0.05, 0.1) is 26.4 Å². The summed E-state index contributed by atoms with van der Waals surface area (Å²) in [4.78, 5) is 40.4. The lowest BCUT2D eigenvalue weighted by Crippen LogP contribution is -2.49. The van der Waals surface area contributed by atoms with Crippen LogP contribution in [0.2, 0.25) is 0 Å². The molecule has 0 bridgehead atoms. The Labute approximate surface area is 206 Å². The minimum Gasteiger partial charge on any atom is -0.466 e. The zero-order chi connectivity index (χ0) is 25.6. The van der Waals surface area contributed by atoms with Gasteiger partial charge >= 0.3 is 18.0 Å². The largest absolute Gasteiger partial charge is 0.466 e. The van der Waals surface area contributed by atoms with Gasteiger partial charge in [-0.2, -0.15) is 0 Å². The van der Waals surface area contributed by atoms with Crippen LogP contribution in [-0.2, 0) is 35.1 Å². The molecule has 192 valence electrons. The smallest absolute Gasteiger partial charge is 0.410 e. The van der Waals surface area contributed by atoms with Gasteiger partial charge in [-0.05, 0) is 51.3 Å². The second-order valence-electron chi connectivity index (χ2n) is 9.53. The molecule has 2 heterocycles. The van der Waals surface area contributed by atoms with E-state index in [1.54, 1.807) is 9.80 Å². The normalized spacial score (nSPS) is 18.8. The third-order valence-corrected chi connectivity index (χ3v) is 5.75. The molecule has 1 unspecified atom stereocenters. The van der Waals surface area contributed by atoms with Gasteiger partial charge in [-0.25, -0.2) is 14.4 Å². The van der Waals surface area contributed by atoms with Crippen molar-refractivity contribution in [3.63, 3.8) is 0 Å². The Morgan fingerprint density at radius 1 is 1.09 bits per heavy atom. The van der Waals surface area contributed by atoms with Crippen molar-refractivity contribution in [3.05, 3.63) is 41.1 Å². The number of nitrogens with zero attached hydrogens (tertiary/aromatic N) is 2. The lowest BCUT2D eigenvalue weighted by atomic mass is 10.1. The number of benzene rings is 1. The van der Waals surface area contributed by atoms with Gasteiger partial charge in [0.1, 0.15) is 18.0 Å². The molecule has 1 aromatic carbocycles. The predicted octanol–water partition coefficient (Wildman–Crippen LogP) is 2.57. The zero-order valence-electron chi connectivity index (χ0n) is 21.1. The average Bonchev–Trinajstić information content (AvgIpc) is 2.85. The van der Waals surface area contributed by atoms with Crippen molar-refractivity contribution in [1.82, 2.24) is 10.2 Å². The first kappa shape index (κ1) is 26.5. The highest BCUT2D eigenvalue weighted by Crippen LogP contribution is 2.27. The van der Waals surface area contributed by atoms with Gasteiger partial charge in [-0.1, -0.05) is 12.1 Å². The first-order valence-electron chi connectivity index (χ1n) is 11.7. The molecule has 0 spiro atoms. The topological polar surface area (TPSA) is 107 Å². The fourth-order valence-electron chi connectivity index (χ4n) is 4.04. The van der Waals surface area contributed by atoms with Crippen molar-refractivity contribution in [1.29, 1.82) is 0 Å². The van der Waals surface area contributed by atoms with Crippen molar-refractivity contribution in [2.24, 2.45) is 0 Å². The van der Waals surface area contributed by atoms with Crippen LogP contribution in [0.1, 0.15) is 39.2 Å². The molecular formula is C25H35N3O7. The third-order valence-electron chi connectivity index (χ3n) is 5.75. The maximum Gasteiger partial charge on any atom is 0.410 e. The number of amides is 1. The second kappa shape index (κ2) is 11.5. The number of anilines is 1. The minimum absolute atomic E-state index is 0.0304. The zero-order valence-corrected chi connectivity index (χ0v) is 21.1. The van der Waals surface area contributed by atoms with Gasteiger partial charge in [0, 0.05) is 31.4 Å². The summed E-state index contributed by atoms with van der Waals surface area (Å²) in [7, 11) is 2.52. The summed E-state index contributed by atoms with van der Waals surface area (Å²) in [5, 5.41) is 3.52. The van der Waals surface area contributed by atoms with E-state index in [9.17, 15) is 14.4 Å². The van der Waals surface area contributed by atoms with Crippen molar-refractivity contribution in [2.45, 2.75) is 51.8 Å². The molecule has 2 aliphatic rings. The van der Waals surface area contributed by atoms with E-state index in [-0.39, 0.29) is 36.7 Å². The summed E-state index contributed by atoms with van der Waals surface area (Å²) in [6.07, 6.45) is 1.61. The first-order valence-corrected chi connectivity index (χ1v) is 11.7. The third kappa shape index (κ3) is 6.95. The molecule has 2 aliphatic heterocycles. The molecule has 1 amide bonds. The molecule has 0 aromatic heterocycles. The molecular weight excluding hydrogens is 454 g/mol. The van der Waals surface area contributed by atoms with Crippen LogP contribution in [0.25, 0.3) is 0 Å². The number of carbonyl (C=O) groups is 3. The standard InChI is InChI=1S/C25H35N3O7/c1-25(2,3)35-24(31)27-12-6-7-18(14-27)26-13-17-8-10-19(11-9-17)28-16-34-15-20(22(29)32-4)21(28)23(30)33-5/h8-11,18,26H,6-7,12-16H2,1-5H3. The molecule has 1 saturated heterocycles. The van der Waals surface area contributed by atoms with Gasteiger partial charge in [0.25, 0.3) is 0 Å². The van der Waals surface area contributed by atoms with Crippen LogP contribution >= 0.6 is 0 Å². The van der Waals surface area contributed by atoms with Gasteiger partial charge in [-0.15, -0.1) is 0 Å². The molecule has 3 rings (SSSR count). The van der Waals surface area contributed by atoms with Crippen molar-refractivity contribution < 1.29 is 33.3 Å². The van der Waals surface area contributed by atoms with Crippen LogP contribution in [0, 0.1) is 0 Å². The Bertz CT molecular complexity index is 953. The molecule has 1 atom stereocenters. The van der Waals surface area contributed by atoms with Crippen LogP contribution in [0.4, 0.5) is 10.5 Å². The number of likely N-dealkylation sites (tertiary alicyclic amines) is 1. The first-order chi connectivity index (χ1) is 16.6. The number of hydrogen-bond acceptors (Lipinski definition) is 9. The number of nitrogens with one attached hydrogen (secondary N) is 1. The second-order valence-corrected chi connectivity index (χ2v) is 9.53. The van der Waals surface area contributed by atoms with E-state index in [0.29, 0.717) is 25.3 Å². The summed E-state index contributed by atoms with van der Waals surface area (Å²) in [5.41, 5.74) is 1.44. The fourth-order valence-corrected chi connectivity index (χ4v) is 4.04.